The van der Waals surface area contributed by atoms with Crippen LogP contribution in [0.2, 0.25) is 65.4 Å². The maximum Gasteiger partial charge on any atom is 0.312 e. The van der Waals surface area contributed by atoms with Gasteiger partial charge < -0.3 is 12.3 Å². The summed E-state index contributed by atoms with van der Waals surface area (Å²) in [5, 5.41) is 0. The summed E-state index contributed by atoms with van der Waals surface area (Å²) in [6.07, 6.45) is 0. The monoisotopic (exact) mass is 312 g/mol. The summed E-state index contributed by atoms with van der Waals surface area (Å²) in [6.45, 7) is 19.3. The Morgan fingerprint density at radius 2 is 0.941 bits per heavy atom. The Morgan fingerprint density at radius 3 is 1.24 bits per heavy atom. The summed E-state index contributed by atoms with van der Waals surface area (Å²) in [5.74, 6) is 0. The van der Waals surface area contributed by atoms with Crippen LogP contribution in [0.5, 0.6) is 0 Å². The van der Waals surface area contributed by atoms with Crippen molar-refractivity contribution in [2.75, 3.05) is 0 Å². The fourth-order valence-electron chi connectivity index (χ4n) is 1.95. The molecule has 0 aliphatic carbocycles. The minimum atomic E-state index is -2.41. The van der Waals surface area contributed by atoms with E-state index in [0.29, 0.717) is 0 Å². The molecule has 0 amide bonds. The van der Waals surface area contributed by atoms with Gasteiger partial charge in [0, 0.05) is 1.37 Å². The molecule has 0 fully saturated rings. The summed E-state index contributed by atoms with van der Waals surface area (Å²) in [5.41, 5.74) is 0. The largest absolute Gasteiger partial charge is 0.437 e. The van der Waals surface area contributed by atoms with E-state index in [1.54, 1.807) is 0 Å². The van der Waals surface area contributed by atoms with Crippen molar-refractivity contribution in [1.29, 1.82) is 0 Å². The lowest BCUT2D eigenvalue weighted by atomic mass is 11.8. The molecule has 0 saturated carbocycles. The third-order valence-electron chi connectivity index (χ3n) is 1.54. The minimum absolute atomic E-state index is 0.239. The molecule has 7 heteroatoms. The Kier molecular flexibility index (Phi) is 5.01. The molecule has 0 aromatic heterocycles. The van der Waals surface area contributed by atoms with E-state index in [0.717, 1.165) is 0 Å². The van der Waals surface area contributed by atoms with Gasteiger partial charge in [-0.2, -0.15) is 0 Å². The van der Waals surface area contributed by atoms with E-state index in [-0.39, 0.29) is 6.52 Å². The average molecular weight is 313 g/mol. The Hall–Kier alpha value is 0.748. The Balaban J connectivity index is 4.80. The summed E-state index contributed by atoms with van der Waals surface area (Å²) in [6, 6.07) is 0. The maximum atomic E-state index is 7.76. The van der Waals surface area contributed by atoms with Gasteiger partial charge in [-0.1, -0.05) is 0 Å². The van der Waals surface area contributed by atoms with Crippen LogP contribution in [0.3, 0.4) is 0 Å². The van der Waals surface area contributed by atoms with E-state index in [2.05, 4.69) is 52.4 Å². The van der Waals surface area contributed by atoms with Crippen LogP contribution in [0.4, 0.5) is 0 Å². The van der Waals surface area contributed by atoms with Crippen molar-refractivity contribution in [1.82, 2.24) is 0 Å². The molecule has 0 rings (SSSR count). The van der Waals surface area contributed by atoms with Crippen molar-refractivity contribution >= 4 is 33.8 Å². The van der Waals surface area contributed by atoms with Gasteiger partial charge in [0.05, 0.1) is 0 Å². The van der Waals surface area contributed by atoms with Crippen LogP contribution in [0, 0.1) is 0 Å². The lowest BCUT2D eigenvalue weighted by molar-refractivity contribution is 0.331. The quantitative estimate of drug-likeness (QED) is 0.691. The standard InChI is InChI=1S/C10H30O3Si4/c1-14(2,3)11-16(7,8)13-17(9,10)12-15(4,5)6/h1-10H3/i7T. The highest BCUT2D eigenvalue weighted by Gasteiger charge is 2.41. The van der Waals surface area contributed by atoms with Crippen molar-refractivity contribution < 1.29 is 13.7 Å². The maximum absolute atomic E-state index is 7.76. The van der Waals surface area contributed by atoms with Crippen LogP contribution in [-0.2, 0) is 12.3 Å². The molecule has 1 atom stereocenters. The van der Waals surface area contributed by atoms with Gasteiger partial charge in [-0.3, -0.25) is 0 Å². The minimum Gasteiger partial charge on any atom is -0.437 e. The van der Waals surface area contributed by atoms with Crippen molar-refractivity contribution in [3.05, 3.63) is 0 Å². The molecule has 3 nitrogen and oxygen atoms in total. The van der Waals surface area contributed by atoms with Gasteiger partial charge in [-0.25, -0.2) is 0 Å². The topological polar surface area (TPSA) is 27.7 Å². The highest BCUT2D eigenvalue weighted by atomic mass is 28.5. The first-order chi connectivity index (χ1) is 7.68. The zero-order valence-corrected chi connectivity index (χ0v) is 16.9. The molecule has 0 radical (unpaired) electrons. The first-order valence-electron chi connectivity index (χ1n) is 6.79. The zero-order valence-electron chi connectivity index (χ0n) is 13.9. The molecule has 0 heterocycles. The number of rotatable bonds is 6. The van der Waals surface area contributed by atoms with Gasteiger partial charge in [0.15, 0.2) is 16.6 Å². The molecule has 0 aromatic carbocycles. The van der Waals surface area contributed by atoms with E-state index < -0.39 is 33.8 Å². The molecule has 0 saturated heterocycles. The van der Waals surface area contributed by atoms with Crippen molar-refractivity contribution in [3.63, 3.8) is 0 Å². The van der Waals surface area contributed by atoms with Crippen molar-refractivity contribution in [2.45, 2.75) is 65.4 Å². The number of hydrogen-bond donors (Lipinski definition) is 0. The van der Waals surface area contributed by atoms with Gasteiger partial charge >= 0.3 is 17.1 Å². The third-order valence-corrected chi connectivity index (χ3v) is 13.8. The summed E-state index contributed by atoms with van der Waals surface area (Å²) in [4.78, 5) is 0. The lowest BCUT2D eigenvalue weighted by Crippen LogP contribution is -2.55. The van der Waals surface area contributed by atoms with E-state index in [1.165, 1.54) is 0 Å². The van der Waals surface area contributed by atoms with E-state index in [4.69, 9.17) is 13.7 Å². The van der Waals surface area contributed by atoms with Gasteiger partial charge in [0.25, 0.3) is 0 Å². The SMILES string of the molecule is [3H]C[Si](C)(O[Si](C)(C)C)O[Si](C)(C)O[Si](C)(C)C. The molecular formula is C10H30O3Si4. The number of hydrogen-bond acceptors (Lipinski definition) is 3. The van der Waals surface area contributed by atoms with Gasteiger partial charge in [0.2, 0.25) is 0 Å². The van der Waals surface area contributed by atoms with Gasteiger partial charge in [0.1, 0.15) is 0 Å². The van der Waals surface area contributed by atoms with Gasteiger partial charge in [-0.05, 0) is 65.4 Å². The molecular weight excluding hydrogens is 280 g/mol. The molecule has 1 unspecified atom stereocenters. The normalized spacial score (nSPS) is 18.8. The molecule has 0 N–H and O–H groups in total. The van der Waals surface area contributed by atoms with E-state index in [1.807, 2.05) is 6.55 Å². The van der Waals surface area contributed by atoms with Crippen molar-refractivity contribution in [2.24, 2.45) is 0 Å². The molecule has 0 aliphatic heterocycles. The van der Waals surface area contributed by atoms with Crippen LogP contribution in [0.1, 0.15) is 1.37 Å². The van der Waals surface area contributed by atoms with Gasteiger partial charge in [-0.15, -0.1) is 0 Å². The lowest BCUT2D eigenvalue weighted by Gasteiger charge is -2.39. The summed E-state index contributed by atoms with van der Waals surface area (Å²) >= 11 is 0. The molecule has 104 valence electrons. The van der Waals surface area contributed by atoms with Crippen LogP contribution in [-0.4, -0.2) is 33.8 Å². The molecule has 17 heavy (non-hydrogen) atoms. The second kappa shape index (κ2) is 5.39. The highest BCUT2D eigenvalue weighted by molar-refractivity contribution is 6.89. The van der Waals surface area contributed by atoms with Crippen LogP contribution in [0.25, 0.3) is 0 Å². The van der Waals surface area contributed by atoms with Crippen LogP contribution < -0.4 is 0 Å². The average Bonchev–Trinajstić information content (AvgIpc) is 1.93. The second-order valence-corrected chi connectivity index (χ2v) is 23.0. The van der Waals surface area contributed by atoms with Crippen LogP contribution >= 0.6 is 0 Å². The summed E-state index contributed by atoms with van der Waals surface area (Å²) < 4.78 is 26.3. The van der Waals surface area contributed by atoms with Crippen LogP contribution in [0.15, 0.2) is 0 Å². The first-order valence-corrected chi connectivity index (χ1v) is 18.2. The highest BCUT2D eigenvalue weighted by Crippen LogP contribution is 2.23. The van der Waals surface area contributed by atoms with Crippen molar-refractivity contribution in [3.8, 4) is 0 Å². The van der Waals surface area contributed by atoms with E-state index >= 15 is 0 Å². The predicted molar refractivity (Wildman–Crippen MR) is 84.9 cm³/mol. The molecule has 0 bridgehead atoms. The summed E-state index contributed by atoms with van der Waals surface area (Å²) in [7, 11) is -7.89. The second-order valence-electron chi connectivity index (χ2n) is 7.06. The first kappa shape index (κ1) is 15.8. The predicted octanol–water partition coefficient (Wildman–Crippen LogP) is 4.11. The fourth-order valence-corrected chi connectivity index (χ4v) is 18.3. The van der Waals surface area contributed by atoms with E-state index in [9.17, 15) is 0 Å². The Labute approximate surface area is 113 Å². The smallest absolute Gasteiger partial charge is 0.312 e. The fraction of sp³-hybridized carbons (Fsp3) is 1.00. The Morgan fingerprint density at radius 1 is 0.588 bits per heavy atom. The zero-order chi connectivity index (χ0) is 14.8. The third kappa shape index (κ3) is 10.4. The molecule has 0 aromatic rings. The molecule has 0 spiro atoms. The Bertz CT molecular complexity index is 275. The molecule has 0 aliphatic rings.